The van der Waals surface area contributed by atoms with Crippen LogP contribution in [0.25, 0.3) is 0 Å². The highest BCUT2D eigenvalue weighted by Gasteiger charge is 2.19. The van der Waals surface area contributed by atoms with Gasteiger partial charge in [-0.05, 0) is 65.6 Å². The Morgan fingerprint density at radius 3 is 2.66 bits per heavy atom. The van der Waals surface area contributed by atoms with Crippen LogP contribution in [0.3, 0.4) is 0 Å². The van der Waals surface area contributed by atoms with E-state index in [0.717, 1.165) is 37.3 Å². The molecule has 2 aromatic heterocycles. The van der Waals surface area contributed by atoms with E-state index >= 15 is 0 Å². The average molecular weight is 400 g/mol. The number of aromatic nitrogens is 3. The summed E-state index contributed by atoms with van der Waals surface area (Å²) in [7, 11) is 0. The molecule has 0 bridgehead atoms. The lowest BCUT2D eigenvalue weighted by atomic mass is 10.1. The van der Waals surface area contributed by atoms with Gasteiger partial charge in [0, 0.05) is 37.9 Å². The number of unbranched alkanes of at least 4 members (excludes halogenated alkanes) is 1. The summed E-state index contributed by atoms with van der Waals surface area (Å²) in [5, 5.41) is 2.82. The predicted molar refractivity (Wildman–Crippen MR) is 113 cm³/mol. The quantitative estimate of drug-likeness (QED) is 0.641. The van der Waals surface area contributed by atoms with Crippen molar-refractivity contribution in [1.82, 2.24) is 25.2 Å². The van der Waals surface area contributed by atoms with Gasteiger partial charge in [0.2, 0.25) is 0 Å². The van der Waals surface area contributed by atoms with E-state index in [9.17, 15) is 4.79 Å². The molecule has 7 heteroatoms. The molecule has 0 fully saturated rings. The average Bonchev–Trinajstić information content (AvgIpc) is 2.67. The second-order valence-corrected chi connectivity index (χ2v) is 8.18. The van der Waals surface area contributed by atoms with E-state index in [1.54, 1.807) is 12.4 Å². The van der Waals surface area contributed by atoms with E-state index in [1.807, 2.05) is 39.2 Å². The molecular weight excluding hydrogens is 366 g/mol. The molecule has 0 saturated carbocycles. The fraction of sp³-hybridized carbons (Fsp3) is 0.545. The van der Waals surface area contributed by atoms with E-state index in [2.05, 4.69) is 45.1 Å². The smallest absolute Gasteiger partial charge is 0.407 e. The minimum atomic E-state index is -0.479. The summed E-state index contributed by atoms with van der Waals surface area (Å²) in [6.45, 7) is 12.0. The molecule has 2 aromatic rings. The zero-order valence-electron chi connectivity index (χ0n) is 18.2. The second-order valence-electron chi connectivity index (χ2n) is 8.18. The van der Waals surface area contributed by atoms with Crippen LogP contribution in [-0.4, -0.2) is 44.6 Å². The maximum absolute atomic E-state index is 11.8. The van der Waals surface area contributed by atoms with Crippen molar-refractivity contribution in [2.24, 2.45) is 0 Å². The molecule has 0 aliphatic heterocycles. The van der Waals surface area contributed by atoms with Crippen molar-refractivity contribution in [3.8, 4) is 0 Å². The lowest BCUT2D eigenvalue weighted by molar-refractivity contribution is 0.0526. The molecule has 1 N–H and O–H groups in total. The van der Waals surface area contributed by atoms with Crippen LogP contribution in [0.15, 0.2) is 36.9 Å². The number of pyridine rings is 1. The van der Waals surface area contributed by atoms with Gasteiger partial charge in [0.25, 0.3) is 0 Å². The number of amides is 1. The van der Waals surface area contributed by atoms with Crippen molar-refractivity contribution in [3.05, 3.63) is 53.9 Å². The molecule has 7 nitrogen and oxygen atoms in total. The van der Waals surface area contributed by atoms with Gasteiger partial charge in [0.05, 0.1) is 17.4 Å². The Balaban J connectivity index is 1.92. The Labute approximate surface area is 173 Å². The highest BCUT2D eigenvalue weighted by molar-refractivity contribution is 5.67. The summed E-state index contributed by atoms with van der Waals surface area (Å²) in [4.78, 5) is 27.3. The van der Waals surface area contributed by atoms with Crippen molar-refractivity contribution in [3.63, 3.8) is 0 Å². The first-order chi connectivity index (χ1) is 13.8. The van der Waals surface area contributed by atoms with Gasteiger partial charge in [0.1, 0.15) is 5.60 Å². The Kier molecular flexibility index (Phi) is 8.51. The van der Waals surface area contributed by atoms with Crippen LogP contribution in [0.5, 0.6) is 0 Å². The molecule has 1 amide bonds. The Morgan fingerprint density at radius 1 is 1.21 bits per heavy atom. The first-order valence-corrected chi connectivity index (χ1v) is 10.1. The van der Waals surface area contributed by atoms with Crippen LogP contribution < -0.4 is 5.32 Å². The molecule has 0 aromatic carbocycles. The topological polar surface area (TPSA) is 80.2 Å². The van der Waals surface area contributed by atoms with Gasteiger partial charge in [-0.3, -0.25) is 19.9 Å². The van der Waals surface area contributed by atoms with Crippen molar-refractivity contribution in [2.75, 3.05) is 13.1 Å². The van der Waals surface area contributed by atoms with Crippen molar-refractivity contribution < 1.29 is 9.53 Å². The highest BCUT2D eigenvalue weighted by Crippen LogP contribution is 2.21. The zero-order chi connectivity index (χ0) is 21.3. The Hall–Kier alpha value is -2.54. The van der Waals surface area contributed by atoms with Gasteiger partial charge in [-0.15, -0.1) is 0 Å². The van der Waals surface area contributed by atoms with Gasteiger partial charge >= 0.3 is 6.09 Å². The van der Waals surface area contributed by atoms with Crippen molar-refractivity contribution in [1.29, 1.82) is 0 Å². The maximum atomic E-state index is 11.8. The van der Waals surface area contributed by atoms with Gasteiger partial charge in [-0.2, -0.15) is 0 Å². The monoisotopic (exact) mass is 399 g/mol. The zero-order valence-corrected chi connectivity index (χ0v) is 18.2. The van der Waals surface area contributed by atoms with Crippen molar-refractivity contribution in [2.45, 2.75) is 65.6 Å². The van der Waals surface area contributed by atoms with Crippen LogP contribution in [0.1, 0.15) is 63.5 Å². The minimum Gasteiger partial charge on any atom is -0.444 e. The number of rotatable bonds is 9. The number of alkyl carbamates (subject to hydrolysis) is 1. The van der Waals surface area contributed by atoms with E-state index in [1.165, 1.54) is 5.56 Å². The number of carbonyl (C=O) groups excluding carboxylic acids is 1. The number of hydrogen-bond acceptors (Lipinski definition) is 6. The van der Waals surface area contributed by atoms with Gasteiger partial charge in [0.15, 0.2) is 0 Å². The minimum absolute atomic E-state index is 0.115. The number of nitrogens with one attached hydrogen (secondary N) is 1. The third kappa shape index (κ3) is 8.15. The molecule has 0 aliphatic carbocycles. The fourth-order valence-electron chi connectivity index (χ4n) is 2.94. The van der Waals surface area contributed by atoms with E-state index in [-0.39, 0.29) is 12.1 Å². The number of hydrogen-bond donors (Lipinski definition) is 1. The van der Waals surface area contributed by atoms with Crippen LogP contribution in [0, 0.1) is 6.92 Å². The van der Waals surface area contributed by atoms with E-state index in [0.29, 0.717) is 6.54 Å². The number of aryl methyl sites for hydroxylation is 1. The lowest BCUT2D eigenvalue weighted by Gasteiger charge is -2.29. The molecule has 29 heavy (non-hydrogen) atoms. The molecule has 0 saturated heterocycles. The molecule has 2 rings (SSSR count). The van der Waals surface area contributed by atoms with E-state index in [4.69, 9.17) is 4.74 Å². The summed E-state index contributed by atoms with van der Waals surface area (Å²) < 4.78 is 5.27. The first-order valence-electron chi connectivity index (χ1n) is 10.1. The Bertz CT molecular complexity index is 761. The third-order valence-corrected chi connectivity index (χ3v) is 4.57. The molecule has 0 radical (unpaired) electrons. The largest absolute Gasteiger partial charge is 0.444 e. The molecule has 0 spiro atoms. The highest BCUT2D eigenvalue weighted by atomic mass is 16.6. The summed E-state index contributed by atoms with van der Waals surface area (Å²) in [5.41, 5.74) is 2.70. The predicted octanol–water partition coefficient (Wildman–Crippen LogP) is 4.05. The third-order valence-electron chi connectivity index (χ3n) is 4.57. The second kappa shape index (κ2) is 10.9. The summed E-state index contributed by atoms with van der Waals surface area (Å²) in [5.74, 6) is 0. The Morgan fingerprint density at radius 2 is 2.00 bits per heavy atom. The van der Waals surface area contributed by atoms with Crippen LogP contribution >= 0.6 is 0 Å². The lowest BCUT2D eigenvalue weighted by Crippen LogP contribution is -2.33. The maximum Gasteiger partial charge on any atom is 0.407 e. The molecule has 0 aliphatic rings. The van der Waals surface area contributed by atoms with Crippen LogP contribution in [-0.2, 0) is 11.3 Å². The summed E-state index contributed by atoms with van der Waals surface area (Å²) >= 11 is 0. The van der Waals surface area contributed by atoms with E-state index < -0.39 is 5.60 Å². The summed E-state index contributed by atoms with van der Waals surface area (Å²) in [6.07, 6.45) is 8.49. The summed E-state index contributed by atoms with van der Waals surface area (Å²) in [6, 6.07) is 4.15. The van der Waals surface area contributed by atoms with Crippen LogP contribution in [0.2, 0.25) is 0 Å². The SMILES string of the molecule is Cc1cccnc1CN(CCCCNC(=O)OC(C)(C)C)C(C)c1cnccn1. The van der Waals surface area contributed by atoms with Gasteiger partial charge in [-0.25, -0.2) is 4.79 Å². The number of carbonyl (C=O) groups is 1. The molecule has 2 heterocycles. The number of ether oxygens (including phenoxy) is 1. The molecule has 158 valence electrons. The van der Waals surface area contributed by atoms with Gasteiger partial charge in [-0.1, -0.05) is 6.07 Å². The fourth-order valence-corrected chi connectivity index (χ4v) is 2.94. The first kappa shape index (κ1) is 22.7. The molecular formula is C22H33N5O2. The van der Waals surface area contributed by atoms with Crippen LogP contribution in [0.4, 0.5) is 4.79 Å². The standard InChI is InChI=1S/C22H33N5O2/c1-17-9-8-11-24-20(17)16-27(18(2)19-15-23-12-13-25-19)14-7-6-10-26-21(28)29-22(3,4)5/h8-9,11-13,15,18H,6-7,10,14,16H2,1-5H3,(H,26,28). The normalized spacial score (nSPS) is 12.6. The molecule has 1 unspecified atom stereocenters. The van der Waals surface area contributed by atoms with Crippen molar-refractivity contribution >= 4 is 6.09 Å². The number of nitrogens with zero attached hydrogens (tertiary/aromatic N) is 4. The molecule has 1 atom stereocenters. The van der Waals surface area contributed by atoms with Gasteiger partial charge < -0.3 is 10.1 Å².